The molecule has 1 amide bonds. The number of pyridine rings is 1. The lowest BCUT2D eigenvalue weighted by molar-refractivity contribution is -0.119. The van der Waals surface area contributed by atoms with Crippen molar-refractivity contribution in [3.63, 3.8) is 0 Å². The molecular formula is C23H25N3O2. The van der Waals surface area contributed by atoms with Gasteiger partial charge in [-0.1, -0.05) is 39.0 Å². The minimum atomic E-state index is -0.525. The summed E-state index contributed by atoms with van der Waals surface area (Å²) in [5, 5.41) is 3.49. The molecule has 5 nitrogen and oxygen atoms in total. The summed E-state index contributed by atoms with van der Waals surface area (Å²) in [5.41, 5.74) is 3.78. The Morgan fingerprint density at radius 2 is 1.93 bits per heavy atom. The molecule has 2 aromatic rings. The van der Waals surface area contributed by atoms with Gasteiger partial charge in [-0.3, -0.25) is 19.5 Å². The second-order valence-corrected chi connectivity index (χ2v) is 8.25. The molecule has 5 heteroatoms. The molecule has 1 aromatic heterocycles. The lowest BCUT2D eigenvalue weighted by Crippen LogP contribution is -2.39. The first-order valence-electron chi connectivity index (χ1n) is 9.76. The SMILES string of the molecule is CCC(=O)N1c2ccccc2NC2=C(C(=O)CC(C)(C)C2)[C@H]1c1ccccn1. The summed E-state index contributed by atoms with van der Waals surface area (Å²) in [6.45, 7) is 6.07. The Balaban J connectivity index is 2.01. The van der Waals surface area contributed by atoms with Crippen LogP contribution in [-0.4, -0.2) is 16.7 Å². The van der Waals surface area contributed by atoms with Gasteiger partial charge in [0.2, 0.25) is 5.91 Å². The molecule has 2 aliphatic rings. The molecule has 144 valence electrons. The average Bonchev–Trinajstić information content (AvgIpc) is 2.81. The predicted octanol–water partition coefficient (Wildman–Crippen LogP) is 4.63. The van der Waals surface area contributed by atoms with Gasteiger partial charge in [0.05, 0.1) is 17.1 Å². The fraction of sp³-hybridized carbons (Fsp3) is 0.348. The minimum absolute atomic E-state index is 0.0312. The minimum Gasteiger partial charge on any atom is -0.357 e. The normalized spacial score (nSPS) is 20.8. The number of hydrogen-bond acceptors (Lipinski definition) is 4. The number of nitrogens with zero attached hydrogens (tertiary/aromatic N) is 2. The van der Waals surface area contributed by atoms with Crippen molar-refractivity contribution in [1.29, 1.82) is 0 Å². The Morgan fingerprint density at radius 3 is 2.64 bits per heavy atom. The second kappa shape index (κ2) is 6.89. The van der Waals surface area contributed by atoms with E-state index < -0.39 is 6.04 Å². The van der Waals surface area contributed by atoms with E-state index in [-0.39, 0.29) is 17.1 Å². The number of rotatable bonds is 2. The van der Waals surface area contributed by atoms with Crippen molar-refractivity contribution in [3.05, 3.63) is 65.6 Å². The maximum Gasteiger partial charge on any atom is 0.227 e. The zero-order chi connectivity index (χ0) is 19.9. The zero-order valence-corrected chi connectivity index (χ0v) is 16.5. The fourth-order valence-corrected chi connectivity index (χ4v) is 4.25. The van der Waals surface area contributed by atoms with Crippen molar-refractivity contribution >= 4 is 23.1 Å². The van der Waals surface area contributed by atoms with Crippen LogP contribution in [-0.2, 0) is 9.59 Å². The van der Waals surface area contributed by atoms with Crippen LogP contribution < -0.4 is 10.2 Å². The van der Waals surface area contributed by atoms with Gasteiger partial charge in [0, 0.05) is 30.3 Å². The Bertz CT molecular complexity index is 963. The summed E-state index contributed by atoms with van der Waals surface area (Å²) in [6, 6.07) is 12.9. The molecule has 0 unspecified atom stereocenters. The maximum atomic E-state index is 13.3. The highest BCUT2D eigenvalue weighted by Gasteiger charge is 2.43. The molecular weight excluding hydrogens is 350 g/mol. The number of carbonyl (C=O) groups excluding carboxylic acids is 2. The molecule has 0 saturated carbocycles. The third-order valence-electron chi connectivity index (χ3n) is 5.44. The topological polar surface area (TPSA) is 62.3 Å². The van der Waals surface area contributed by atoms with Gasteiger partial charge in [0.1, 0.15) is 6.04 Å². The van der Waals surface area contributed by atoms with Gasteiger partial charge in [-0.2, -0.15) is 0 Å². The number of anilines is 2. The molecule has 1 N–H and O–H groups in total. The number of carbonyl (C=O) groups is 2. The van der Waals surface area contributed by atoms with Crippen LogP contribution in [0.25, 0.3) is 0 Å². The standard InChI is InChI=1S/C23H25N3O2/c1-4-20(28)26-18-11-6-5-9-15(18)25-17-13-23(2,3)14-19(27)21(17)22(26)16-10-7-8-12-24-16/h5-12,22,25H,4,13-14H2,1-3H3/t22-/m1/s1. The number of hydrogen-bond donors (Lipinski definition) is 1. The van der Waals surface area contributed by atoms with Gasteiger partial charge in [-0.15, -0.1) is 0 Å². The molecule has 4 rings (SSSR count). The zero-order valence-electron chi connectivity index (χ0n) is 16.5. The Hall–Kier alpha value is -2.95. The summed E-state index contributed by atoms with van der Waals surface area (Å²) in [5.74, 6) is 0.0485. The number of fused-ring (bicyclic) bond motifs is 1. The predicted molar refractivity (Wildman–Crippen MR) is 110 cm³/mol. The van der Waals surface area contributed by atoms with E-state index in [0.717, 1.165) is 23.5 Å². The largest absolute Gasteiger partial charge is 0.357 e. The van der Waals surface area contributed by atoms with Crippen LogP contribution in [0, 0.1) is 5.41 Å². The fourth-order valence-electron chi connectivity index (χ4n) is 4.25. The second-order valence-electron chi connectivity index (χ2n) is 8.25. The number of nitrogens with one attached hydrogen (secondary N) is 1. The van der Waals surface area contributed by atoms with Crippen molar-refractivity contribution < 1.29 is 9.59 Å². The van der Waals surface area contributed by atoms with Crippen molar-refractivity contribution in [2.24, 2.45) is 5.41 Å². The molecule has 1 atom stereocenters. The highest BCUT2D eigenvalue weighted by molar-refractivity contribution is 6.06. The van der Waals surface area contributed by atoms with E-state index >= 15 is 0 Å². The highest BCUT2D eigenvalue weighted by atomic mass is 16.2. The van der Waals surface area contributed by atoms with Gasteiger partial charge < -0.3 is 5.32 Å². The molecule has 2 heterocycles. The summed E-state index contributed by atoms with van der Waals surface area (Å²) in [6.07, 6.45) is 3.27. The van der Waals surface area contributed by atoms with Crippen LogP contribution in [0.1, 0.15) is 51.8 Å². The molecule has 1 aliphatic heterocycles. The summed E-state index contributed by atoms with van der Waals surface area (Å²) in [4.78, 5) is 32.7. The Labute approximate surface area is 165 Å². The van der Waals surface area contributed by atoms with E-state index in [2.05, 4.69) is 24.1 Å². The van der Waals surface area contributed by atoms with E-state index in [9.17, 15) is 9.59 Å². The number of para-hydroxylation sites is 2. The van der Waals surface area contributed by atoms with Crippen molar-refractivity contribution in [2.75, 3.05) is 10.2 Å². The summed E-state index contributed by atoms with van der Waals surface area (Å²) in [7, 11) is 0. The number of allylic oxidation sites excluding steroid dienone is 1. The van der Waals surface area contributed by atoms with E-state index in [1.807, 2.05) is 49.4 Å². The van der Waals surface area contributed by atoms with Gasteiger partial charge in [0.25, 0.3) is 0 Å². The molecule has 0 saturated heterocycles. The first kappa shape index (κ1) is 18.4. The lowest BCUT2D eigenvalue weighted by Gasteiger charge is -2.36. The molecule has 28 heavy (non-hydrogen) atoms. The van der Waals surface area contributed by atoms with E-state index in [0.29, 0.717) is 24.1 Å². The number of aromatic nitrogens is 1. The number of amides is 1. The summed E-state index contributed by atoms with van der Waals surface area (Å²) >= 11 is 0. The maximum absolute atomic E-state index is 13.3. The molecule has 1 aromatic carbocycles. The van der Waals surface area contributed by atoms with Crippen molar-refractivity contribution in [3.8, 4) is 0 Å². The third kappa shape index (κ3) is 3.11. The van der Waals surface area contributed by atoms with Crippen LogP contribution in [0.2, 0.25) is 0 Å². The Kier molecular flexibility index (Phi) is 4.53. The number of Topliss-reactive ketones (excluding diaryl/α,β-unsaturated/α-hetero) is 1. The molecule has 0 spiro atoms. The smallest absolute Gasteiger partial charge is 0.227 e. The van der Waals surface area contributed by atoms with E-state index in [1.165, 1.54) is 0 Å². The van der Waals surface area contributed by atoms with Crippen LogP contribution in [0.4, 0.5) is 11.4 Å². The van der Waals surface area contributed by atoms with E-state index in [4.69, 9.17) is 0 Å². The molecule has 0 fully saturated rings. The van der Waals surface area contributed by atoms with Crippen LogP contribution in [0.5, 0.6) is 0 Å². The lowest BCUT2D eigenvalue weighted by atomic mass is 9.73. The third-order valence-corrected chi connectivity index (χ3v) is 5.44. The van der Waals surface area contributed by atoms with Crippen LogP contribution in [0.3, 0.4) is 0 Å². The number of benzene rings is 1. The molecule has 0 bridgehead atoms. The molecule has 1 aliphatic carbocycles. The molecule has 0 radical (unpaired) electrons. The van der Waals surface area contributed by atoms with Gasteiger partial charge in [0.15, 0.2) is 5.78 Å². The van der Waals surface area contributed by atoms with Gasteiger partial charge >= 0.3 is 0 Å². The average molecular weight is 375 g/mol. The van der Waals surface area contributed by atoms with Crippen LogP contribution >= 0.6 is 0 Å². The highest BCUT2D eigenvalue weighted by Crippen LogP contribution is 2.47. The van der Waals surface area contributed by atoms with Crippen LogP contribution in [0.15, 0.2) is 59.9 Å². The van der Waals surface area contributed by atoms with Gasteiger partial charge in [-0.25, -0.2) is 0 Å². The quantitative estimate of drug-likeness (QED) is 0.831. The summed E-state index contributed by atoms with van der Waals surface area (Å²) < 4.78 is 0. The number of ketones is 1. The monoisotopic (exact) mass is 375 g/mol. The first-order valence-corrected chi connectivity index (χ1v) is 9.76. The Morgan fingerprint density at radius 1 is 1.18 bits per heavy atom. The first-order chi connectivity index (χ1) is 13.4. The van der Waals surface area contributed by atoms with Crippen molar-refractivity contribution in [1.82, 2.24) is 4.98 Å². The van der Waals surface area contributed by atoms with Gasteiger partial charge in [-0.05, 0) is 36.1 Å². The van der Waals surface area contributed by atoms with Crippen molar-refractivity contribution in [2.45, 2.75) is 46.1 Å². The van der Waals surface area contributed by atoms with E-state index in [1.54, 1.807) is 11.1 Å².